The van der Waals surface area contributed by atoms with E-state index in [0.29, 0.717) is 10.6 Å². The number of anilines is 2. The Kier molecular flexibility index (Phi) is 3.12. The molecule has 1 N–H and O–H groups in total. The fourth-order valence-corrected chi connectivity index (χ4v) is 3.47. The lowest BCUT2D eigenvalue weighted by molar-refractivity contribution is -0.115. The van der Waals surface area contributed by atoms with Gasteiger partial charge < -0.3 is 5.32 Å². The number of rotatable bonds is 1. The van der Waals surface area contributed by atoms with Gasteiger partial charge in [0, 0.05) is 4.47 Å². The molecule has 1 aliphatic heterocycles. The molecular weight excluding hydrogens is 328 g/mol. The lowest BCUT2D eigenvalue weighted by Crippen LogP contribution is -2.41. The molecule has 2 aromatic rings. The Balaban J connectivity index is 2.04. The van der Waals surface area contributed by atoms with Crippen LogP contribution < -0.4 is 10.2 Å². The molecule has 2 amide bonds. The molecule has 0 aliphatic carbocycles. The van der Waals surface area contributed by atoms with E-state index in [1.54, 1.807) is 6.07 Å². The van der Waals surface area contributed by atoms with Gasteiger partial charge in [-0.25, -0.2) is 0 Å². The van der Waals surface area contributed by atoms with Crippen LogP contribution in [-0.4, -0.2) is 18.4 Å². The predicted molar refractivity (Wildman–Crippen MR) is 78.8 cm³/mol. The van der Waals surface area contributed by atoms with Crippen LogP contribution in [0.25, 0.3) is 0 Å². The number of fused-ring (bicyclic) bond motifs is 1. The first-order valence-electron chi connectivity index (χ1n) is 5.60. The number of thiophene rings is 1. The summed E-state index contributed by atoms with van der Waals surface area (Å²) in [5.74, 6) is -0.344. The average Bonchev–Trinajstić information content (AvgIpc) is 2.83. The van der Waals surface area contributed by atoms with Crippen LogP contribution in [0.3, 0.4) is 0 Å². The van der Waals surface area contributed by atoms with Crippen molar-refractivity contribution in [3.05, 3.63) is 45.1 Å². The number of carbonyl (C=O) groups is 2. The minimum atomic E-state index is -0.181. The zero-order valence-corrected chi connectivity index (χ0v) is 12.1. The highest BCUT2D eigenvalue weighted by atomic mass is 79.9. The van der Waals surface area contributed by atoms with Gasteiger partial charge in [-0.15, -0.1) is 11.3 Å². The fourth-order valence-electron chi connectivity index (χ4n) is 1.98. The van der Waals surface area contributed by atoms with E-state index in [2.05, 4.69) is 21.2 Å². The number of nitrogens with zero attached hydrogens (tertiary/aromatic N) is 1. The lowest BCUT2D eigenvalue weighted by atomic mass is 10.2. The Morgan fingerprint density at radius 1 is 1.32 bits per heavy atom. The van der Waals surface area contributed by atoms with Crippen molar-refractivity contribution in [1.29, 1.82) is 0 Å². The van der Waals surface area contributed by atoms with E-state index in [4.69, 9.17) is 0 Å². The molecule has 1 aromatic carbocycles. The molecule has 96 valence electrons. The first-order valence-corrected chi connectivity index (χ1v) is 7.28. The van der Waals surface area contributed by atoms with Crippen molar-refractivity contribution in [3.8, 4) is 0 Å². The monoisotopic (exact) mass is 336 g/mol. The van der Waals surface area contributed by atoms with Gasteiger partial charge in [-0.3, -0.25) is 14.5 Å². The molecule has 0 bridgehead atoms. The van der Waals surface area contributed by atoms with Gasteiger partial charge in [0.1, 0.15) is 11.4 Å². The summed E-state index contributed by atoms with van der Waals surface area (Å²) in [6, 6.07) is 9.12. The molecule has 1 aromatic heterocycles. The maximum absolute atomic E-state index is 12.5. The lowest BCUT2D eigenvalue weighted by Gasteiger charge is -2.28. The van der Waals surface area contributed by atoms with Crippen LogP contribution >= 0.6 is 27.3 Å². The van der Waals surface area contributed by atoms with E-state index in [9.17, 15) is 9.59 Å². The number of hydrogen-bond acceptors (Lipinski definition) is 3. The Hall–Kier alpha value is -1.66. The van der Waals surface area contributed by atoms with Gasteiger partial charge in [0.2, 0.25) is 5.91 Å². The van der Waals surface area contributed by atoms with Crippen molar-refractivity contribution in [2.75, 3.05) is 16.8 Å². The van der Waals surface area contributed by atoms with E-state index < -0.39 is 0 Å². The Bertz CT molecular complexity index is 668. The third-order valence-corrected chi connectivity index (χ3v) is 4.65. The number of nitrogens with one attached hydrogen (secondary N) is 1. The molecule has 0 spiro atoms. The van der Waals surface area contributed by atoms with E-state index in [1.165, 1.54) is 16.2 Å². The van der Waals surface area contributed by atoms with Crippen LogP contribution in [0, 0.1) is 0 Å². The first kappa shape index (κ1) is 12.4. The van der Waals surface area contributed by atoms with Gasteiger partial charge in [-0.2, -0.15) is 0 Å². The number of para-hydroxylation sites is 2. The number of amides is 2. The number of halogens is 1. The summed E-state index contributed by atoms with van der Waals surface area (Å²) < 4.78 is 0.756. The second-order valence-electron chi connectivity index (χ2n) is 4.05. The quantitative estimate of drug-likeness (QED) is 0.869. The zero-order chi connectivity index (χ0) is 13.4. The molecule has 0 saturated carbocycles. The van der Waals surface area contributed by atoms with Gasteiger partial charge in [0.15, 0.2) is 0 Å². The summed E-state index contributed by atoms with van der Waals surface area (Å²) in [4.78, 5) is 26.3. The molecule has 0 radical (unpaired) electrons. The number of hydrogen-bond donors (Lipinski definition) is 1. The molecule has 0 saturated heterocycles. The normalized spacial score (nSPS) is 13.9. The molecule has 6 heteroatoms. The van der Waals surface area contributed by atoms with Crippen molar-refractivity contribution < 1.29 is 9.59 Å². The van der Waals surface area contributed by atoms with Crippen LogP contribution in [0.2, 0.25) is 0 Å². The second kappa shape index (κ2) is 4.79. The minimum absolute atomic E-state index is 0.0419. The third kappa shape index (κ3) is 2.17. The Morgan fingerprint density at radius 3 is 2.84 bits per heavy atom. The minimum Gasteiger partial charge on any atom is -0.323 e. The summed E-state index contributed by atoms with van der Waals surface area (Å²) in [6.07, 6.45) is 0. The summed E-state index contributed by atoms with van der Waals surface area (Å²) in [5.41, 5.74) is 1.40. The van der Waals surface area contributed by atoms with Crippen LogP contribution in [-0.2, 0) is 4.79 Å². The molecule has 0 atom stereocenters. The molecule has 2 heterocycles. The molecule has 3 rings (SSSR count). The van der Waals surface area contributed by atoms with Crippen molar-refractivity contribution >= 4 is 50.5 Å². The van der Waals surface area contributed by atoms with Crippen LogP contribution in [0.15, 0.2) is 40.2 Å². The van der Waals surface area contributed by atoms with Crippen LogP contribution in [0.1, 0.15) is 9.67 Å². The predicted octanol–water partition coefficient (Wildman–Crippen LogP) is 3.11. The van der Waals surface area contributed by atoms with Crippen molar-refractivity contribution in [3.63, 3.8) is 0 Å². The highest BCUT2D eigenvalue weighted by Crippen LogP contribution is 2.32. The van der Waals surface area contributed by atoms with E-state index in [0.717, 1.165) is 10.2 Å². The summed E-state index contributed by atoms with van der Waals surface area (Å²) >= 11 is 4.71. The SMILES string of the molecule is O=C1CN(C(=O)c2sccc2Br)c2ccccc2N1. The molecule has 0 unspecified atom stereocenters. The second-order valence-corrected chi connectivity index (χ2v) is 5.82. The van der Waals surface area contributed by atoms with Crippen molar-refractivity contribution in [2.45, 2.75) is 0 Å². The number of carbonyl (C=O) groups excluding carboxylic acids is 2. The summed E-state index contributed by atoms with van der Waals surface area (Å²) in [5, 5.41) is 4.60. The molecule has 4 nitrogen and oxygen atoms in total. The highest BCUT2D eigenvalue weighted by molar-refractivity contribution is 9.10. The van der Waals surface area contributed by atoms with Gasteiger partial charge >= 0.3 is 0 Å². The smallest absolute Gasteiger partial charge is 0.270 e. The van der Waals surface area contributed by atoms with Gasteiger partial charge in [-0.05, 0) is 39.5 Å². The first-order chi connectivity index (χ1) is 9.16. The summed E-state index contributed by atoms with van der Waals surface area (Å²) in [7, 11) is 0. The van der Waals surface area contributed by atoms with E-state index >= 15 is 0 Å². The Labute approximate surface area is 122 Å². The zero-order valence-electron chi connectivity index (χ0n) is 9.72. The van der Waals surface area contributed by atoms with Crippen LogP contribution in [0.4, 0.5) is 11.4 Å². The molecular formula is C13H9BrN2O2S. The summed E-state index contributed by atoms with van der Waals surface area (Å²) in [6.45, 7) is 0.0419. The topological polar surface area (TPSA) is 49.4 Å². The van der Waals surface area contributed by atoms with Crippen molar-refractivity contribution in [2.24, 2.45) is 0 Å². The van der Waals surface area contributed by atoms with E-state index in [1.807, 2.05) is 29.6 Å². The van der Waals surface area contributed by atoms with E-state index in [-0.39, 0.29) is 18.4 Å². The Morgan fingerprint density at radius 2 is 2.11 bits per heavy atom. The maximum Gasteiger partial charge on any atom is 0.270 e. The molecule has 1 aliphatic rings. The largest absolute Gasteiger partial charge is 0.323 e. The molecule has 0 fully saturated rings. The maximum atomic E-state index is 12.5. The highest BCUT2D eigenvalue weighted by Gasteiger charge is 2.28. The van der Waals surface area contributed by atoms with Gasteiger partial charge in [0.25, 0.3) is 5.91 Å². The van der Waals surface area contributed by atoms with Crippen molar-refractivity contribution in [1.82, 2.24) is 0 Å². The number of benzene rings is 1. The van der Waals surface area contributed by atoms with Crippen LogP contribution in [0.5, 0.6) is 0 Å². The average molecular weight is 337 g/mol. The molecule has 19 heavy (non-hydrogen) atoms. The fraction of sp³-hybridized carbons (Fsp3) is 0.0769. The third-order valence-electron chi connectivity index (χ3n) is 2.83. The standard InChI is InChI=1S/C13H9BrN2O2S/c14-8-5-6-19-12(8)13(18)16-7-11(17)15-9-3-1-2-4-10(9)16/h1-6H,7H2,(H,15,17). The van der Waals surface area contributed by atoms with Gasteiger partial charge in [-0.1, -0.05) is 12.1 Å². The van der Waals surface area contributed by atoms with Gasteiger partial charge in [0.05, 0.1) is 11.4 Å².